The molecule has 1 aromatic rings. The summed E-state index contributed by atoms with van der Waals surface area (Å²) in [6.45, 7) is 3.63. The minimum atomic E-state index is -0.399. The minimum absolute atomic E-state index is 0.0366. The Kier molecular flexibility index (Phi) is 7.41. The third-order valence-electron chi connectivity index (χ3n) is 2.53. The standard InChI is InChI=1S/C15H17ClN2O2/c1-2-20-9-5-8-18-15(19)13(11-17)10-12-6-3-4-7-14(12)16/h3-4,6-7,10H,2,5,8-9H2,1H3,(H,18,19)/b13-10+. The molecule has 0 saturated carbocycles. The van der Waals surface area contributed by atoms with Crippen LogP contribution in [0.1, 0.15) is 18.9 Å². The van der Waals surface area contributed by atoms with Crippen LogP contribution in [-0.4, -0.2) is 25.7 Å². The van der Waals surface area contributed by atoms with Crippen molar-refractivity contribution in [3.63, 3.8) is 0 Å². The van der Waals surface area contributed by atoms with E-state index in [1.807, 2.05) is 13.0 Å². The molecule has 106 valence electrons. The molecule has 5 heteroatoms. The number of halogens is 1. The van der Waals surface area contributed by atoms with E-state index in [4.69, 9.17) is 21.6 Å². The maximum Gasteiger partial charge on any atom is 0.261 e. The van der Waals surface area contributed by atoms with E-state index in [0.29, 0.717) is 36.8 Å². The molecule has 1 aromatic carbocycles. The lowest BCUT2D eigenvalue weighted by Gasteiger charge is -2.05. The molecule has 0 aromatic heterocycles. The van der Waals surface area contributed by atoms with Crippen LogP contribution in [0.3, 0.4) is 0 Å². The Hall–Kier alpha value is -1.83. The van der Waals surface area contributed by atoms with Crippen LogP contribution in [0, 0.1) is 11.3 Å². The van der Waals surface area contributed by atoms with Crippen LogP contribution < -0.4 is 5.32 Å². The van der Waals surface area contributed by atoms with Crippen molar-refractivity contribution in [2.75, 3.05) is 19.8 Å². The van der Waals surface area contributed by atoms with Crippen molar-refractivity contribution in [1.29, 1.82) is 5.26 Å². The van der Waals surface area contributed by atoms with Crippen molar-refractivity contribution < 1.29 is 9.53 Å². The predicted octanol–water partition coefficient (Wildman–Crippen LogP) is 2.79. The lowest BCUT2D eigenvalue weighted by molar-refractivity contribution is -0.117. The van der Waals surface area contributed by atoms with Crippen LogP contribution in [-0.2, 0) is 9.53 Å². The molecule has 0 aliphatic heterocycles. The maximum atomic E-state index is 11.8. The number of nitrogens with one attached hydrogen (secondary N) is 1. The van der Waals surface area contributed by atoms with Gasteiger partial charge in [-0.15, -0.1) is 0 Å². The van der Waals surface area contributed by atoms with E-state index in [-0.39, 0.29) is 5.57 Å². The highest BCUT2D eigenvalue weighted by atomic mass is 35.5. The molecule has 1 N–H and O–H groups in total. The zero-order valence-electron chi connectivity index (χ0n) is 11.4. The van der Waals surface area contributed by atoms with E-state index in [2.05, 4.69) is 5.32 Å². The van der Waals surface area contributed by atoms with E-state index in [9.17, 15) is 4.79 Å². The van der Waals surface area contributed by atoms with Gasteiger partial charge in [0.05, 0.1) is 0 Å². The molecule has 0 atom stereocenters. The van der Waals surface area contributed by atoms with Crippen molar-refractivity contribution in [1.82, 2.24) is 5.32 Å². The van der Waals surface area contributed by atoms with Gasteiger partial charge in [0.1, 0.15) is 11.6 Å². The number of carbonyl (C=O) groups excluding carboxylic acids is 1. The van der Waals surface area contributed by atoms with Crippen molar-refractivity contribution >= 4 is 23.6 Å². The van der Waals surface area contributed by atoms with E-state index in [1.54, 1.807) is 24.3 Å². The van der Waals surface area contributed by atoms with Gasteiger partial charge in [-0.05, 0) is 31.1 Å². The Balaban J connectivity index is 2.60. The van der Waals surface area contributed by atoms with Gasteiger partial charge in [-0.25, -0.2) is 0 Å². The smallest absolute Gasteiger partial charge is 0.261 e. The summed E-state index contributed by atoms with van der Waals surface area (Å²) in [5, 5.41) is 12.2. The summed E-state index contributed by atoms with van der Waals surface area (Å²) in [7, 11) is 0. The third-order valence-corrected chi connectivity index (χ3v) is 2.87. The zero-order chi connectivity index (χ0) is 14.8. The molecule has 0 saturated heterocycles. The summed E-state index contributed by atoms with van der Waals surface area (Å²) in [6, 6.07) is 8.94. The van der Waals surface area contributed by atoms with Crippen LogP contribution in [0.5, 0.6) is 0 Å². The number of benzene rings is 1. The predicted molar refractivity (Wildman–Crippen MR) is 79.2 cm³/mol. The summed E-state index contributed by atoms with van der Waals surface area (Å²) in [4.78, 5) is 11.8. The molecular formula is C15H17ClN2O2. The largest absolute Gasteiger partial charge is 0.382 e. The monoisotopic (exact) mass is 292 g/mol. The summed E-state index contributed by atoms with van der Waals surface area (Å²) in [6.07, 6.45) is 2.20. The molecule has 0 spiro atoms. The SMILES string of the molecule is CCOCCCNC(=O)/C(C#N)=C/c1ccccc1Cl. The second-order valence-electron chi connectivity index (χ2n) is 4.00. The van der Waals surface area contributed by atoms with Gasteiger partial charge in [-0.3, -0.25) is 4.79 Å². The van der Waals surface area contributed by atoms with Crippen LogP contribution in [0.25, 0.3) is 6.08 Å². The number of hydrogen-bond acceptors (Lipinski definition) is 3. The quantitative estimate of drug-likeness (QED) is 0.477. The lowest BCUT2D eigenvalue weighted by atomic mass is 10.1. The summed E-state index contributed by atoms with van der Waals surface area (Å²) in [5.41, 5.74) is 0.685. The normalized spacial score (nSPS) is 10.9. The molecule has 0 unspecified atom stereocenters. The Morgan fingerprint density at radius 1 is 1.50 bits per heavy atom. The highest BCUT2D eigenvalue weighted by Gasteiger charge is 2.09. The second kappa shape index (κ2) is 9.13. The molecule has 1 amide bonds. The maximum absolute atomic E-state index is 11.8. The second-order valence-corrected chi connectivity index (χ2v) is 4.40. The molecule has 0 heterocycles. The first kappa shape index (κ1) is 16.2. The number of amides is 1. The molecule has 0 radical (unpaired) electrons. The highest BCUT2D eigenvalue weighted by Crippen LogP contribution is 2.18. The molecular weight excluding hydrogens is 276 g/mol. The molecule has 1 rings (SSSR count). The fourth-order valence-electron chi connectivity index (χ4n) is 1.51. The fourth-order valence-corrected chi connectivity index (χ4v) is 1.70. The van der Waals surface area contributed by atoms with E-state index >= 15 is 0 Å². The van der Waals surface area contributed by atoms with Gasteiger partial charge >= 0.3 is 0 Å². The first-order valence-electron chi connectivity index (χ1n) is 6.41. The van der Waals surface area contributed by atoms with Crippen molar-refractivity contribution in [3.05, 3.63) is 40.4 Å². The van der Waals surface area contributed by atoms with Crippen molar-refractivity contribution in [2.24, 2.45) is 0 Å². The number of nitrogens with zero attached hydrogens (tertiary/aromatic N) is 1. The number of rotatable bonds is 7. The lowest BCUT2D eigenvalue weighted by Crippen LogP contribution is -2.26. The summed E-state index contributed by atoms with van der Waals surface area (Å²) in [5.74, 6) is -0.399. The third kappa shape index (κ3) is 5.43. The van der Waals surface area contributed by atoms with Crippen molar-refractivity contribution in [3.8, 4) is 6.07 Å². The molecule has 0 bridgehead atoms. The average Bonchev–Trinajstić information content (AvgIpc) is 2.46. The summed E-state index contributed by atoms with van der Waals surface area (Å²) < 4.78 is 5.17. The van der Waals surface area contributed by atoms with Crippen LogP contribution in [0.4, 0.5) is 0 Å². The van der Waals surface area contributed by atoms with Gasteiger partial charge in [0, 0.05) is 24.8 Å². The molecule has 0 fully saturated rings. The van der Waals surface area contributed by atoms with Gasteiger partial charge in [0.25, 0.3) is 5.91 Å². The van der Waals surface area contributed by atoms with E-state index in [1.165, 1.54) is 6.08 Å². The Morgan fingerprint density at radius 2 is 2.25 bits per heavy atom. The molecule has 0 aliphatic carbocycles. The van der Waals surface area contributed by atoms with Gasteiger partial charge in [-0.1, -0.05) is 29.8 Å². The Morgan fingerprint density at radius 3 is 2.90 bits per heavy atom. The van der Waals surface area contributed by atoms with Gasteiger partial charge < -0.3 is 10.1 Å². The molecule has 0 aliphatic rings. The van der Waals surface area contributed by atoms with Crippen LogP contribution in [0.15, 0.2) is 29.8 Å². The number of hydrogen-bond donors (Lipinski definition) is 1. The minimum Gasteiger partial charge on any atom is -0.382 e. The van der Waals surface area contributed by atoms with Crippen LogP contribution in [0.2, 0.25) is 5.02 Å². The van der Waals surface area contributed by atoms with Crippen LogP contribution >= 0.6 is 11.6 Å². The van der Waals surface area contributed by atoms with E-state index in [0.717, 1.165) is 0 Å². The van der Waals surface area contributed by atoms with Gasteiger partial charge in [-0.2, -0.15) is 5.26 Å². The molecule has 4 nitrogen and oxygen atoms in total. The Bertz CT molecular complexity index is 521. The van der Waals surface area contributed by atoms with Crippen molar-refractivity contribution in [2.45, 2.75) is 13.3 Å². The first-order chi connectivity index (χ1) is 9.69. The summed E-state index contributed by atoms with van der Waals surface area (Å²) >= 11 is 5.99. The number of carbonyl (C=O) groups is 1. The fraction of sp³-hybridized carbons (Fsp3) is 0.333. The number of nitriles is 1. The highest BCUT2D eigenvalue weighted by molar-refractivity contribution is 6.32. The topological polar surface area (TPSA) is 62.1 Å². The van der Waals surface area contributed by atoms with Gasteiger partial charge in [0.15, 0.2) is 0 Å². The Labute approximate surface area is 124 Å². The zero-order valence-corrected chi connectivity index (χ0v) is 12.1. The first-order valence-corrected chi connectivity index (χ1v) is 6.79. The van der Waals surface area contributed by atoms with E-state index < -0.39 is 5.91 Å². The molecule has 20 heavy (non-hydrogen) atoms. The average molecular weight is 293 g/mol. The number of ether oxygens (including phenoxy) is 1. The van der Waals surface area contributed by atoms with Gasteiger partial charge in [0.2, 0.25) is 0 Å².